The van der Waals surface area contributed by atoms with E-state index < -0.39 is 18.0 Å². The third-order valence-electron chi connectivity index (χ3n) is 3.63. The Morgan fingerprint density at radius 2 is 2.08 bits per heavy atom. The molecule has 2 amide bonds. The summed E-state index contributed by atoms with van der Waals surface area (Å²) in [6, 6.07) is 5.04. The molecule has 2 aliphatic heterocycles. The summed E-state index contributed by atoms with van der Waals surface area (Å²) >= 11 is 1.44. The molecule has 0 spiro atoms. The van der Waals surface area contributed by atoms with Crippen molar-refractivity contribution in [3.63, 3.8) is 0 Å². The lowest BCUT2D eigenvalue weighted by molar-refractivity contribution is -0.155. The minimum Gasteiger partial charge on any atom is -0.486 e. The van der Waals surface area contributed by atoms with Crippen molar-refractivity contribution < 1.29 is 28.6 Å². The van der Waals surface area contributed by atoms with Gasteiger partial charge in [-0.15, -0.1) is 11.8 Å². The number of ether oxygens (including phenoxy) is 3. The van der Waals surface area contributed by atoms with Gasteiger partial charge in [0.15, 0.2) is 17.6 Å². The van der Waals surface area contributed by atoms with E-state index in [1.54, 1.807) is 18.2 Å². The number of nitrogens with zero attached hydrogens (tertiary/aromatic N) is 1. The normalized spacial score (nSPS) is 17.2. The van der Waals surface area contributed by atoms with E-state index in [4.69, 9.17) is 14.2 Å². The number of fused-ring (bicyclic) bond motifs is 1. The summed E-state index contributed by atoms with van der Waals surface area (Å²) < 4.78 is 16.0. The van der Waals surface area contributed by atoms with Gasteiger partial charge in [0.25, 0.3) is 5.91 Å². The molecule has 134 valence electrons. The van der Waals surface area contributed by atoms with Gasteiger partial charge in [0.1, 0.15) is 19.8 Å². The molecule has 0 aliphatic carbocycles. The topological polar surface area (TPSA) is 94.2 Å². The number of amides is 2. The first-order valence-electron chi connectivity index (χ1n) is 7.78. The number of thioether (sulfide) groups is 1. The van der Waals surface area contributed by atoms with Crippen LogP contribution in [0.3, 0.4) is 0 Å². The Morgan fingerprint density at radius 3 is 2.80 bits per heavy atom. The highest BCUT2D eigenvalue weighted by Gasteiger charge is 2.26. The molecule has 1 fully saturated rings. The Hall–Kier alpha value is -2.42. The molecule has 0 aromatic heterocycles. The summed E-state index contributed by atoms with van der Waals surface area (Å²) in [4.78, 5) is 36.9. The van der Waals surface area contributed by atoms with Gasteiger partial charge in [0.2, 0.25) is 5.91 Å². The molecule has 0 bridgehead atoms. The maximum Gasteiger partial charge on any atom is 0.326 e. The minimum atomic E-state index is -0.981. The summed E-state index contributed by atoms with van der Waals surface area (Å²) in [6.45, 7) is 2.27. The van der Waals surface area contributed by atoms with Crippen LogP contribution in [-0.4, -0.2) is 60.2 Å². The van der Waals surface area contributed by atoms with Crippen LogP contribution in [0.5, 0.6) is 11.5 Å². The zero-order valence-electron chi connectivity index (χ0n) is 13.6. The van der Waals surface area contributed by atoms with Crippen LogP contribution in [0.2, 0.25) is 0 Å². The maximum absolute atomic E-state index is 12.2. The first kappa shape index (κ1) is 17.4. The molecular weight excluding hydrogens is 348 g/mol. The molecule has 1 aromatic carbocycles. The van der Waals surface area contributed by atoms with Gasteiger partial charge in [0.05, 0.1) is 11.6 Å². The summed E-state index contributed by atoms with van der Waals surface area (Å²) in [5.74, 6) is 0.831. The summed E-state index contributed by atoms with van der Waals surface area (Å²) in [7, 11) is 0. The van der Waals surface area contributed by atoms with E-state index in [1.165, 1.54) is 23.6 Å². The molecule has 25 heavy (non-hydrogen) atoms. The number of benzene rings is 1. The zero-order chi connectivity index (χ0) is 17.8. The zero-order valence-corrected chi connectivity index (χ0v) is 14.5. The number of anilines is 1. The SMILES string of the molecule is C[C@H](OC(=O)CN1CSCC1=O)C(=O)Nc1ccc2c(c1)OCCO2. The third kappa shape index (κ3) is 4.36. The van der Waals surface area contributed by atoms with Crippen molar-refractivity contribution in [1.29, 1.82) is 0 Å². The number of nitrogens with one attached hydrogen (secondary N) is 1. The highest BCUT2D eigenvalue weighted by Crippen LogP contribution is 2.32. The Kier molecular flexibility index (Phi) is 5.32. The molecule has 1 aromatic rings. The molecule has 1 atom stereocenters. The van der Waals surface area contributed by atoms with Crippen molar-refractivity contribution in [1.82, 2.24) is 4.90 Å². The van der Waals surface area contributed by atoms with Gasteiger partial charge in [-0.1, -0.05) is 0 Å². The average molecular weight is 366 g/mol. The Morgan fingerprint density at radius 1 is 1.32 bits per heavy atom. The van der Waals surface area contributed by atoms with Crippen molar-refractivity contribution in [2.24, 2.45) is 0 Å². The monoisotopic (exact) mass is 366 g/mol. The van der Waals surface area contributed by atoms with Crippen LogP contribution in [0.15, 0.2) is 18.2 Å². The predicted molar refractivity (Wildman–Crippen MR) is 90.7 cm³/mol. The highest BCUT2D eigenvalue weighted by atomic mass is 32.2. The van der Waals surface area contributed by atoms with Crippen molar-refractivity contribution in [2.75, 3.05) is 36.7 Å². The molecule has 2 heterocycles. The second-order valence-corrected chi connectivity index (χ2v) is 6.50. The van der Waals surface area contributed by atoms with Crippen molar-refractivity contribution in [3.05, 3.63) is 18.2 Å². The molecular formula is C16H18N2O6S. The predicted octanol–water partition coefficient (Wildman–Crippen LogP) is 0.861. The van der Waals surface area contributed by atoms with Crippen LogP contribution in [0.25, 0.3) is 0 Å². The van der Waals surface area contributed by atoms with E-state index in [9.17, 15) is 14.4 Å². The fourth-order valence-corrected chi connectivity index (χ4v) is 3.25. The first-order valence-corrected chi connectivity index (χ1v) is 8.94. The van der Waals surface area contributed by atoms with Crippen LogP contribution in [0.4, 0.5) is 5.69 Å². The van der Waals surface area contributed by atoms with Gasteiger partial charge < -0.3 is 24.4 Å². The Labute approximate surface area is 148 Å². The Balaban J connectivity index is 1.52. The molecule has 0 radical (unpaired) electrons. The van der Waals surface area contributed by atoms with Gasteiger partial charge in [-0.2, -0.15) is 0 Å². The van der Waals surface area contributed by atoms with E-state index in [0.29, 0.717) is 42.0 Å². The summed E-state index contributed by atoms with van der Waals surface area (Å²) in [5, 5.41) is 2.66. The van der Waals surface area contributed by atoms with Crippen molar-refractivity contribution in [2.45, 2.75) is 13.0 Å². The molecule has 0 unspecified atom stereocenters. The van der Waals surface area contributed by atoms with Crippen molar-refractivity contribution in [3.8, 4) is 11.5 Å². The number of hydrogen-bond acceptors (Lipinski definition) is 7. The second-order valence-electron chi connectivity index (χ2n) is 5.55. The van der Waals surface area contributed by atoms with Crippen LogP contribution in [-0.2, 0) is 19.1 Å². The first-order chi connectivity index (χ1) is 12.0. The van der Waals surface area contributed by atoms with Gasteiger partial charge >= 0.3 is 5.97 Å². The van der Waals surface area contributed by atoms with E-state index in [2.05, 4.69) is 5.32 Å². The molecule has 2 aliphatic rings. The van der Waals surface area contributed by atoms with Gasteiger partial charge in [-0.05, 0) is 19.1 Å². The molecule has 1 N–H and O–H groups in total. The van der Waals surface area contributed by atoms with Crippen LogP contribution in [0, 0.1) is 0 Å². The molecule has 9 heteroatoms. The lowest BCUT2D eigenvalue weighted by Crippen LogP contribution is -2.36. The average Bonchev–Trinajstić information content (AvgIpc) is 2.99. The minimum absolute atomic E-state index is 0.102. The largest absolute Gasteiger partial charge is 0.486 e. The van der Waals surface area contributed by atoms with Gasteiger partial charge in [0, 0.05) is 11.8 Å². The molecule has 3 rings (SSSR count). The fraction of sp³-hybridized carbons (Fsp3) is 0.438. The van der Waals surface area contributed by atoms with E-state index in [1.807, 2.05) is 0 Å². The standard InChI is InChI=1S/C16H18N2O6S/c1-10(24-15(20)7-18-9-25-8-14(18)19)16(21)17-11-2-3-12-13(6-11)23-5-4-22-12/h2-3,6,10H,4-5,7-9H2,1H3,(H,17,21)/t10-/m0/s1. The van der Waals surface area contributed by atoms with Gasteiger partial charge in [-0.3, -0.25) is 14.4 Å². The van der Waals surface area contributed by atoms with E-state index >= 15 is 0 Å². The second kappa shape index (κ2) is 7.64. The highest BCUT2D eigenvalue weighted by molar-refractivity contribution is 8.00. The number of carbonyl (C=O) groups is 3. The quantitative estimate of drug-likeness (QED) is 0.773. The van der Waals surface area contributed by atoms with Crippen molar-refractivity contribution >= 4 is 35.2 Å². The third-order valence-corrected chi connectivity index (χ3v) is 4.58. The van der Waals surface area contributed by atoms with Crippen LogP contribution in [0.1, 0.15) is 6.92 Å². The van der Waals surface area contributed by atoms with E-state index in [0.717, 1.165) is 0 Å². The van der Waals surface area contributed by atoms with Gasteiger partial charge in [-0.25, -0.2) is 0 Å². The molecule has 1 saturated heterocycles. The lowest BCUT2D eigenvalue weighted by Gasteiger charge is -2.20. The Bertz CT molecular complexity index is 695. The van der Waals surface area contributed by atoms with E-state index in [-0.39, 0.29) is 12.5 Å². The molecule has 8 nitrogen and oxygen atoms in total. The maximum atomic E-state index is 12.2. The van der Waals surface area contributed by atoms with Crippen LogP contribution < -0.4 is 14.8 Å². The lowest BCUT2D eigenvalue weighted by atomic mass is 10.2. The summed E-state index contributed by atoms with van der Waals surface area (Å²) in [5.41, 5.74) is 0.517. The smallest absolute Gasteiger partial charge is 0.326 e. The number of rotatable bonds is 5. The molecule has 0 saturated carbocycles. The number of hydrogen-bond donors (Lipinski definition) is 1. The van der Waals surface area contributed by atoms with Crippen LogP contribution >= 0.6 is 11.8 Å². The fourth-order valence-electron chi connectivity index (χ4n) is 2.35. The summed E-state index contributed by atoms with van der Waals surface area (Å²) in [6.07, 6.45) is -0.981. The number of esters is 1. The number of carbonyl (C=O) groups excluding carboxylic acids is 3.